The highest BCUT2D eigenvalue weighted by atomic mass is 32.2. The first-order valence-corrected chi connectivity index (χ1v) is 9.56. The summed E-state index contributed by atoms with van der Waals surface area (Å²) < 4.78 is 46.5. The summed E-state index contributed by atoms with van der Waals surface area (Å²) in [7, 11) is -3.69. The van der Waals surface area contributed by atoms with Gasteiger partial charge in [0.2, 0.25) is 0 Å². The van der Waals surface area contributed by atoms with Crippen molar-refractivity contribution < 1.29 is 25.8 Å². The summed E-state index contributed by atoms with van der Waals surface area (Å²) in [5, 5.41) is 0. The summed E-state index contributed by atoms with van der Waals surface area (Å²) in [4.78, 5) is 12.5. The van der Waals surface area contributed by atoms with Crippen LogP contribution < -0.4 is 0 Å². The summed E-state index contributed by atoms with van der Waals surface area (Å²) in [6.07, 6.45) is 1.55. The van der Waals surface area contributed by atoms with Crippen molar-refractivity contribution in [2.75, 3.05) is 12.4 Å². The zero-order valence-corrected chi connectivity index (χ0v) is 14.0. The lowest BCUT2D eigenvalue weighted by Gasteiger charge is -2.31. The van der Waals surface area contributed by atoms with Gasteiger partial charge in [0, 0.05) is 5.56 Å². The minimum atomic E-state index is -3.69. The van der Waals surface area contributed by atoms with Crippen molar-refractivity contribution in [2.24, 2.45) is 0 Å². The highest BCUT2D eigenvalue weighted by Gasteiger charge is 2.48. The first-order chi connectivity index (χ1) is 10.3. The number of carbonyl (C=O) groups excluding carboxylic acids is 1. The van der Waals surface area contributed by atoms with Gasteiger partial charge < -0.3 is 0 Å². The van der Waals surface area contributed by atoms with E-state index in [1.807, 2.05) is 6.92 Å². The Morgan fingerprint density at radius 3 is 2.68 bits per heavy atom. The van der Waals surface area contributed by atoms with Gasteiger partial charge in [0.05, 0.1) is 17.3 Å². The molecule has 1 aliphatic heterocycles. The minimum Gasteiger partial charge on any atom is -0.291 e. The normalized spacial score (nSPS) is 24.7. The predicted octanol–water partition coefficient (Wildman–Crippen LogP) is 1.83. The van der Waals surface area contributed by atoms with E-state index in [9.17, 15) is 17.4 Å². The van der Waals surface area contributed by atoms with Gasteiger partial charge in [-0.15, -0.1) is 0 Å². The molecule has 0 N–H and O–H groups in total. The van der Waals surface area contributed by atoms with Crippen molar-refractivity contribution in [2.45, 2.75) is 37.2 Å². The molecule has 1 aromatic rings. The SMILES string of the molecule is CCCCOS(=O)OC1(C)CS(=O)(=O)c2ccccc2C1=O. The van der Waals surface area contributed by atoms with E-state index in [-0.39, 0.29) is 17.1 Å². The highest BCUT2D eigenvalue weighted by molar-refractivity contribution is 7.91. The second-order valence-corrected chi connectivity index (χ2v) is 8.05. The molecule has 8 heteroatoms. The number of unbranched alkanes of at least 4 members (excludes halogenated alkanes) is 1. The number of ketones is 1. The van der Waals surface area contributed by atoms with Crippen LogP contribution in [0, 0.1) is 0 Å². The van der Waals surface area contributed by atoms with E-state index < -0.39 is 38.3 Å². The maximum Gasteiger partial charge on any atom is 0.305 e. The minimum absolute atomic E-state index is 0.0150. The molecule has 2 atom stereocenters. The number of rotatable bonds is 6. The van der Waals surface area contributed by atoms with E-state index in [4.69, 9.17) is 8.37 Å². The van der Waals surface area contributed by atoms with Gasteiger partial charge in [-0.2, -0.15) is 4.21 Å². The fourth-order valence-electron chi connectivity index (χ4n) is 2.22. The number of carbonyl (C=O) groups is 1. The quantitative estimate of drug-likeness (QED) is 0.730. The summed E-state index contributed by atoms with van der Waals surface area (Å²) in [6.45, 7) is 3.49. The van der Waals surface area contributed by atoms with Crippen LogP contribution in [0.1, 0.15) is 37.0 Å². The summed E-state index contributed by atoms with van der Waals surface area (Å²) in [6, 6.07) is 5.94. The molecule has 2 unspecified atom stereocenters. The van der Waals surface area contributed by atoms with Crippen molar-refractivity contribution in [3.05, 3.63) is 29.8 Å². The Morgan fingerprint density at radius 2 is 2.00 bits per heavy atom. The van der Waals surface area contributed by atoms with Crippen molar-refractivity contribution in [1.29, 1.82) is 0 Å². The summed E-state index contributed by atoms with van der Waals surface area (Å²) >= 11 is -2.17. The molecule has 6 nitrogen and oxygen atoms in total. The molecule has 0 spiro atoms. The van der Waals surface area contributed by atoms with E-state index in [1.165, 1.54) is 19.1 Å². The summed E-state index contributed by atoms with van der Waals surface area (Å²) in [5.41, 5.74) is -1.66. The van der Waals surface area contributed by atoms with E-state index in [1.54, 1.807) is 12.1 Å². The molecule has 0 fully saturated rings. The van der Waals surface area contributed by atoms with Crippen molar-refractivity contribution in [1.82, 2.24) is 0 Å². The van der Waals surface area contributed by atoms with E-state index in [2.05, 4.69) is 0 Å². The highest BCUT2D eigenvalue weighted by Crippen LogP contribution is 2.33. The third-order valence-corrected chi connectivity index (χ3v) is 6.16. The smallest absolute Gasteiger partial charge is 0.291 e. The van der Waals surface area contributed by atoms with Gasteiger partial charge in [-0.05, 0) is 25.5 Å². The number of hydrogen-bond acceptors (Lipinski definition) is 6. The van der Waals surface area contributed by atoms with Crippen LogP contribution in [0.25, 0.3) is 0 Å². The molecule has 0 bridgehead atoms. The topological polar surface area (TPSA) is 86.7 Å². The fourth-order valence-corrected chi connectivity index (χ4v) is 4.89. The average molecular weight is 346 g/mol. The number of hydrogen-bond donors (Lipinski definition) is 0. The molecule has 0 saturated heterocycles. The molecule has 0 radical (unpaired) electrons. The number of fused-ring (bicyclic) bond motifs is 1. The average Bonchev–Trinajstić information content (AvgIpc) is 2.45. The van der Waals surface area contributed by atoms with Crippen molar-refractivity contribution in [3.8, 4) is 0 Å². The number of Topliss-reactive ketones (excluding diaryl/α,β-unsaturated/α-hetero) is 1. The number of benzene rings is 1. The van der Waals surface area contributed by atoms with Gasteiger partial charge in [0.15, 0.2) is 21.2 Å². The molecule has 1 aromatic carbocycles. The van der Waals surface area contributed by atoms with Crippen LogP contribution in [0.4, 0.5) is 0 Å². The lowest BCUT2D eigenvalue weighted by Crippen LogP contribution is -2.49. The Kier molecular flexibility index (Phi) is 5.16. The molecule has 0 aromatic heterocycles. The number of sulfone groups is 1. The largest absolute Gasteiger partial charge is 0.305 e. The van der Waals surface area contributed by atoms with Crippen LogP contribution in [0.3, 0.4) is 0 Å². The Bertz CT molecular complexity index is 697. The third-order valence-electron chi connectivity index (χ3n) is 3.34. The molecular weight excluding hydrogens is 328 g/mol. The van der Waals surface area contributed by atoms with E-state index in [0.717, 1.165) is 6.42 Å². The molecule has 0 aliphatic carbocycles. The van der Waals surface area contributed by atoms with Gasteiger partial charge in [-0.1, -0.05) is 25.5 Å². The Balaban J connectivity index is 2.26. The van der Waals surface area contributed by atoms with Gasteiger partial charge in [-0.25, -0.2) is 8.42 Å². The molecule has 122 valence electrons. The van der Waals surface area contributed by atoms with Crippen molar-refractivity contribution >= 4 is 27.0 Å². The molecule has 0 amide bonds. The molecule has 22 heavy (non-hydrogen) atoms. The first-order valence-electron chi connectivity index (χ1n) is 6.91. The molecule has 0 saturated carbocycles. The van der Waals surface area contributed by atoms with E-state index in [0.29, 0.717) is 6.42 Å². The van der Waals surface area contributed by atoms with Crippen LogP contribution in [-0.2, 0) is 29.6 Å². The van der Waals surface area contributed by atoms with Crippen molar-refractivity contribution in [3.63, 3.8) is 0 Å². The Labute approximate surface area is 132 Å². The Hall–Kier alpha value is -1.09. The standard InChI is InChI=1S/C14H18O6S2/c1-3-4-9-19-21(16)20-14(2)10-22(17,18)12-8-6-5-7-11(12)13(14)15/h5-8H,3-4,9-10H2,1-2H3. The fraction of sp³-hybridized carbons (Fsp3) is 0.500. The molecule has 2 rings (SSSR count). The van der Waals surface area contributed by atoms with Crippen LogP contribution in [-0.4, -0.2) is 36.4 Å². The monoisotopic (exact) mass is 346 g/mol. The zero-order chi connectivity index (χ0) is 16.4. The maximum atomic E-state index is 12.5. The van der Waals surface area contributed by atoms with E-state index >= 15 is 0 Å². The van der Waals surface area contributed by atoms with Gasteiger partial charge in [0.25, 0.3) is 0 Å². The van der Waals surface area contributed by atoms with Gasteiger partial charge >= 0.3 is 11.4 Å². The Morgan fingerprint density at radius 1 is 1.32 bits per heavy atom. The lowest BCUT2D eigenvalue weighted by molar-refractivity contribution is 0.0573. The molecular formula is C14H18O6S2. The van der Waals surface area contributed by atoms with Crippen LogP contribution in [0.15, 0.2) is 29.2 Å². The van der Waals surface area contributed by atoms with Gasteiger partial charge in [0.1, 0.15) is 0 Å². The lowest BCUT2D eigenvalue weighted by atomic mass is 9.96. The molecule has 1 aliphatic rings. The molecule has 1 heterocycles. The summed E-state index contributed by atoms with van der Waals surface area (Å²) in [5.74, 6) is -1.07. The van der Waals surface area contributed by atoms with Crippen LogP contribution in [0.2, 0.25) is 0 Å². The first kappa shape index (κ1) is 17.3. The maximum absolute atomic E-state index is 12.5. The second-order valence-electron chi connectivity index (χ2n) is 5.28. The van der Waals surface area contributed by atoms with Crippen LogP contribution in [0.5, 0.6) is 0 Å². The second kappa shape index (κ2) is 6.57. The zero-order valence-electron chi connectivity index (χ0n) is 12.4. The predicted molar refractivity (Wildman–Crippen MR) is 81.3 cm³/mol. The van der Waals surface area contributed by atoms with Gasteiger partial charge in [-0.3, -0.25) is 13.2 Å². The third kappa shape index (κ3) is 3.45. The van der Waals surface area contributed by atoms with Crippen LogP contribution >= 0.6 is 0 Å².